The van der Waals surface area contributed by atoms with E-state index in [1.807, 2.05) is 0 Å². The van der Waals surface area contributed by atoms with Gasteiger partial charge in [-0.15, -0.1) is 0 Å². The zero-order valence-electron chi connectivity index (χ0n) is 12.8. The minimum Gasteiger partial charge on any atom is -0.312 e. The third-order valence-electron chi connectivity index (χ3n) is 4.82. The van der Waals surface area contributed by atoms with Gasteiger partial charge in [-0.1, -0.05) is 6.42 Å². The maximum absolute atomic E-state index is 3.62. The monoisotopic (exact) mass is 252 g/mol. The highest BCUT2D eigenvalue weighted by atomic mass is 15.2. The van der Waals surface area contributed by atoms with Crippen LogP contribution in [0.15, 0.2) is 0 Å². The van der Waals surface area contributed by atoms with E-state index in [9.17, 15) is 0 Å². The van der Waals surface area contributed by atoms with E-state index < -0.39 is 0 Å². The van der Waals surface area contributed by atoms with Gasteiger partial charge < -0.3 is 5.32 Å². The average Bonchev–Trinajstić information content (AvgIpc) is 2.74. The van der Waals surface area contributed by atoms with Crippen LogP contribution in [0, 0.1) is 5.92 Å². The van der Waals surface area contributed by atoms with E-state index in [0.29, 0.717) is 0 Å². The molecule has 106 valence electrons. The van der Waals surface area contributed by atoms with Gasteiger partial charge in [0.1, 0.15) is 0 Å². The van der Waals surface area contributed by atoms with Crippen LogP contribution in [0.5, 0.6) is 0 Å². The number of nitrogens with zero attached hydrogens (tertiary/aromatic N) is 1. The van der Waals surface area contributed by atoms with E-state index in [1.54, 1.807) is 0 Å². The Kier molecular flexibility index (Phi) is 4.71. The average molecular weight is 252 g/mol. The van der Waals surface area contributed by atoms with E-state index >= 15 is 0 Å². The molecule has 3 unspecified atom stereocenters. The Hall–Kier alpha value is -0.0800. The normalized spacial score (nSPS) is 31.3. The van der Waals surface area contributed by atoms with Crippen molar-refractivity contribution in [2.45, 2.75) is 83.8 Å². The number of hydrogen-bond donors (Lipinski definition) is 1. The molecule has 2 rings (SSSR count). The molecule has 2 fully saturated rings. The molecule has 2 nitrogen and oxygen atoms in total. The predicted molar refractivity (Wildman–Crippen MR) is 78.9 cm³/mol. The van der Waals surface area contributed by atoms with Crippen LogP contribution >= 0.6 is 0 Å². The van der Waals surface area contributed by atoms with Crippen molar-refractivity contribution in [1.82, 2.24) is 10.2 Å². The van der Waals surface area contributed by atoms with Gasteiger partial charge in [-0.2, -0.15) is 0 Å². The van der Waals surface area contributed by atoms with E-state index in [4.69, 9.17) is 0 Å². The molecule has 0 aromatic rings. The first-order valence-electron chi connectivity index (χ1n) is 7.98. The molecule has 0 bridgehead atoms. The summed E-state index contributed by atoms with van der Waals surface area (Å²) in [6.07, 6.45) is 8.64. The molecule has 1 N–H and O–H groups in total. The number of hydrogen-bond acceptors (Lipinski definition) is 2. The Bertz CT molecular complexity index is 256. The molecule has 0 spiro atoms. The molecule has 0 aromatic carbocycles. The van der Waals surface area contributed by atoms with Crippen molar-refractivity contribution in [2.24, 2.45) is 5.92 Å². The minimum absolute atomic E-state index is 0.261. The van der Waals surface area contributed by atoms with Crippen molar-refractivity contribution in [1.29, 1.82) is 0 Å². The highest BCUT2D eigenvalue weighted by Crippen LogP contribution is 2.37. The summed E-state index contributed by atoms with van der Waals surface area (Å²) in [6.45, 7) is 11.7. The van der Waals surface area contributed by atoms with Gasteiger partial charge in [-0.25, -0.2) is 0 Å². The fraction of sp³-hybridized carbons (Fsp3) is 1.00. The van der Waals surface area contributed by atoms with E-state index in [0.717, 1.165) is 24.5 Å². The zero-order chi connectivity index (χ0) is 13.2. The fourth-order valence-corrected chi connectivity index (χ4v) is 3.86. The first kappa shape index (κ1) is 14.3. The second kappa shape index (κ2) is 5.92. The van der Waals surface area contributed by atoms with Crippen LogP contribution in [0.25, 0.3) is 0 Å². The largest absolute Gasteiger partial charge is 0.312 e. The summed E-state index contributed by atoms with van der Waals surface area (Å²) >= 11 is 0. The second-order valence-electron chi connectivity index (χ2n) is 7.45. The van der Waals surface area contributed by atoms with Gasteiger partial charge >= 0.3 is 0 Å². The highest BCUT2D eigenvalue weighted by molar-refractivity contribution is 4.91. The van der Waals surface area contributed by atoms with Gasteiger partial charge in [-0.05, 0) is 78.8 Å². The van der Waals surface area contributed by atoms with Crippen molar-refractivity contribution in [3.05, 3.63) is 0 Å². The Morgan fingerprint density at radius 3 is 2.61 bits per heavy atom. The van der Waals surface area contributed by atoms with Gasteiger partial charge in [-0.3, -0.25) is 4.90 Å². The second-order valence-corrected chi connectivity index (χ2v) is 7.45. The maximum atomic E-state index is 3.62. The molecule has 0 aromatic heterocycles. The van der Waals surface area contributed by atoms with Crippen LogP contribution in [-0.2, 0) is 0 Å². The zero-order valence-corrected chi connectivity index (χ0v) is 12.8. The molecule has 3 atom stereocenters. The van der Waals surface area contributed by atoms with Gasteiger partial charge in [0.25, 0.3) is 0 Å². The first-order chi connectivity index (χ1) is 8.47. The third kappa shape index (κ3) is 3.71. The van der Waals surface area contributed by atoms with Crippen LogP contribution in [0.2, 0.25) is 0 Å². The predicted octanol–water partition coefficient (Wildman–Crippen LogP) is 3.42. The SMILES string of the molecule is CC(CCNC(C)(C)C)N1CCCC2CCCC21. The third-order valence-corrected chi connectivity index (χ3v) is 4.82. The lowest BCUT2D eigenvalue weighted by atomic mass is 9.90. The van der Waals surface area contributed by atoms with Crippen molar-refractivity contribution >= 4 is 0 Å². The van der Waals surface area contributed by atoms with Gasteiger partial charge in [0, 0.05) is 17.6 Å². The summed E-state index contributed by atoms with van der Waals surface area (Å²) in [6, 6.07) is 1.68. The van der Waals surface area contributed by atoms with E-state index in [1.165, 1.54) is 45.1 Å². The standard InChI is InChI=1S/C16H32N2/c1-13(10-11-17-16(2,3)4)18-12-6-8-14-7-5-9-15(14)18/h13-15,17H,5-12H2,1-4H3. The Morgan fingerprint density at radius 1 is 1.17 bits per heavy atom. The quantitative estimate of drug-likeness (QED) is 0.825. The smallest absolute Gasteiger partial charge is 0.0126 e. The first-order valence-corrected chi connectivity index (χ1v) is 7.98. The molecular weight excluding hydrogens is 220 g/mol. The molecule has 18 heavy (non-hydrogen) atoms. The lowest BCUT2D eigenvalue weighted by Gasteiger charge is -2.42. The Balaban J connectivity index is 1.79. The Morgan fingerprint density at radius 2 is 1.89 bits per heavy atom. The molecule has 1 aliphatic heterocycles. The molecule has 1 heterocycles. The number of nitrogens with one attached hydrogen (secondary N) is 1. The molecule has 2 aliphatic rings. The number of fused-ring (bicyclic) bond motifs is 1. The summed E-state index contributed by atoms with van der Waals surface area (Å²) in [5.41, 5.74) is 0.261. The minimum atomic E-state index is 0.261. The van der Waals surface area contributed by atoms with Crippen LogP contribution in [-0.4, -0.2) is 35.6 Å². The Labute approximate surface area is 114 Å². The lowest BCUT2D eigenvalue weighted by molar-refractivity contribution is 0.0703. The van der Waals surface area contributed by atoms with Crippen LogP contribution < -0.4 is 5.32 Å². The van der Waals surface area contributed by atoms with Crippen LogP contribution in [0.3, 0.4) is 0 Å². The van der Waals surface area contributed by atoms with Crippen molar-refractivity contribution in [3.8, 4) is 0 Å². The highest BCUT2D eigenvalue weighted by Gasteiger charge is 2.36. The molecule has 0 radical (unpaired) electrons. The molecule has 0 amide bonds. The van der Waals surface area contributed by atoms with Gasteiger partial charge in [0.05, 0.1) is 0 Å². The summed E-state index contributed by atoms with van der Waals surface area (Å²) < 4.78 is 0. The molecule has 2 heteroatoms. The van der Waals surface area contributed by atoms with Crippen LogP contribution in [0.4, 0.5) is 0 Å². The van der Waals surface area contributed by atoms with Crippen LogP contribution in [0.1, 0.15) is 66.2 Å². The van der Waals surface area contributed by atoms with E-state index in [2.05, 4.69) is 37.9 Å². The fourth-order valence-electron chi connectivity index (χ4n) is 3.86. The van der Waals surface area contributed by atoms with Gasteiger partial charge in [0.15, 0.2) is 0 Å². The lowest BCUT2D eigenvalue weighted by Crippen LogP contribution is -2.48. The van der Waals surface area contributed by atoms with Crippen molar-refractivity contribution in [3.63, 3.8) is 0 Å². The topological polar surface area (TPSA) is 15.3 Å². The van der Waals surface area contributed by atoms with Crippen molar-refractivity contribution in [2.75, 3.05) is 13.1 Å². The van der Waals surface area contributed by atoms with Gasteiger partial charge in [0.2, 0.25) is 0 Å². The summed E-state index contributed by atoms with van der Waals surface area (Å²) in [5, 5.41) is 3.62. The molecule has 1 aliphatic carbocycles. The number of rotatable bonds is 4. The molecule has 1 saturated carbocycles. The molecular formula is C16H32N2. The maximum Gasteiger partial charge on any atom is 0.0126 e. The summed E-state index contributed by atoms with van der Waals surface area (Å²) in [4.78, 5) is 2.82. The summed E-state index contributed by atoms with van der Waals surface area (Å²) in [7, 11) is 0. The number of likely N-dealkylation sites (tertiary alicyclic amines) is 1. The number of piperidine rings is 1. The summed E-state index contributed by atoms with van der Waals surface area (Å²) in [5.74, 6) is 1.02. The molecule has 1 saturated heterocycles. The van der Waals surface area contributed by atoms with E-state index in [-0.39, 0.29) is 5.54 Å². The van der Waals surface area contributed by atoms with Crippen molar-refractivity contribution < 1.29 is 0 Å².